The van der Waals surface area contributed by atoms with E-state index in [1.54, 1.807) is 0 Å². The van der Waals surface area contributed by atoms with Gasteiger partial charge in [0, 0.05) is 18.2 Å². The van der Waals surface area contributed by atoms with Gasteiger partial charge >= 0.3 is 0 Å². The first-order chi connectivity index (χ1) is 10.6. The molecule has 2 aromatic rings. The molecule has 22 heavy (non-hydrogen) atoms. The second kappa shape index (κ2) is 7.61. The van der Waals surface area contributed by atoms with Crippen LogP contribution >= 0.6 is 0 Å². The van der Waals surface area contributed by atoms with Crippen LogP contribution in [0, 0.1) is 12.8 Å². The van der Waals surface area contributed by atoms with Crippen LogP contribution in [0.4, 0.5) is 5.69 Å². The Kier molecular flexibility index (Phi) is 5.55. The topological polar surface area (TPSA) is 50.4 Å². The molecule has 2 rings (SSSR count). The maximum Gasteiger partial charge on any atom is 0.228 e. The van der Waals surface area contributed by atoms with Crippen molar-refractivity contribution in [2.45, 2.75) is 13.8 Å². The summed E-state index contributed by atoms with van der Waals surface area (Å²) in [4.78, 5) is 11.9. The van der Waals surface area contributed by atoms with E-state index in [9.17, 15) is 4.79 Å². The lowest BCUT2D eigenvalue weighted by atomic mass is 10.1. The van der Waals surface area contributed by atoms with Crippen molar-refractivity contribution < 1.29 is 9.53 Å². The van der Waals surface area contributed by atoms with Gasteiger partial charge in [0.25, 0.3) is 0 Å². The Morgan fingerprint density at radius 2 is 1.86 bits per heavy atom. The number of nitrogens with one attached hydrogen (secondary N) is 2. The maximum absolute atomic E-state index is 11.9. The highest BCUT2D eigenvalue weighted by Crippen LogP contribution is 2.23. The van der Waals surface area contributed by atoms with Crippen molar-refractivity contribution in [2.75, 3.05) is 18.9 Å². The van der Waals surface area contributed by atoms with Gasteiger partial charge in [0.05, 0.1) is 0 Å². The molecule has 116 valence electrons. The molecule has 0 aliphatic carbocycles. The summed E-state index contributed by atoms with van der Waals surface area (Å²) >= 11 is 0. The van der Waals surface area contributed by atoms with Crippen LogP contribution < -0.4 is 15.4 Å². The molecule has 2 aromatic carbocycles. The Morgan fingerprint density at radius 3 is 2.50 bits per heavy atom. The zero-order valence-electron chi connectivity index (χ0n) is 13.2. The molecule has 0 aliphatic rings. The maximum atomic E-state index is 11.9. The fourth-order valence-corrected chi connectivity index (χ4v) is 2.09. The fourth-order valence-electron chi connectivity index (χ4n) is 2.09. The van der Waals surface area contributed by atoms with E-state index in [4.69, 9.17) is 4.74 Å². The molecule has 1 amide bonds. The predicted octanol–water partition coefficient (Wildman–Crippen LogP) is 3.58. The number of rotatable bonds is 6. The number of carbonyl (C=O) groups excluding carboxylic acids is 1. The molecule has 0 aromatic heterocycles. The SMILES string of the molecule is CNCC(C)C(=O)Nc1ccc(Oc2cccc(C)c2)cc1. The van der Waals surface area contributed by atoms with Crippen LogP contribution in [0.1, 0.15) is 12.5 Å². The van der Waals surface area contributed by atoms with Gasteiger partial charge in [-0.3, -0.25) is 4.79 Å². The number of anilines is 1. The van der Waals surface area contributed by atoms with Crippen LogP contribution in [0.5, 0.6) is 11.5 Å². The largest absolute Gasteiger partial charge is 0.457 e. The highest BCUT2D eigenvalue weighted by molar-refractivity contribution is 5.92. The molecular formula is C18H22N2O2. The van der Waals surface area contributed by atoms with Gasteiger partial charge in [-0.05, 0) is 55.9 Å². The van der Waals surface area contributed by atoms with Crippen LogP contribution in [-0.2, 0) is 4.79 Å². The van der Waals surface area contributed by atoms with E-state index >= 15 is 0 Å². The van der Waals surface area contributed by atoms with Crippen molar-refractivity contribution in [3.05, 3.63) is 54.1 Å². The minimum atomic E-state index is -0.0757. The van der Waals surface area contributed by atoms with Crippen LogP contribution in [0.3, 0.4) is 0 Å². The van der Waals surface area contributed by atoms with Crippen molar-refractivity contribution in [3.63, 3.8) is 0 Å². The van der Waals surface area contributed by atoms with Gasteiger partial charge < -0.3 is 15.4 Å². The summed E-state index contributed by atoms with van der Waals surface area (Å²) in [6, 6.07) is 15.3. The zero-order valence-corrected chi connectivity index (χ0v) is 13.2. The quantitative estimate of drug-likeness (QED) is 0.857. The molecule has 0 aliphatic heterocycles. The van der Waals surface area contributed by atoms with Crippen LogP contribution in [0.2, 0.25) is 0 Å². The highest BCUT2D eigenvalue weighted by atomic mass is 16.5. The second-order valence-corrected chi connectivity index (χ2v) is 5.39. The number of aryl methyl sites for hydroxylation is 1. The summed E-state index contributed by atoms with van der Waals surface area (Å²) in [6.45, 7) is 4.57. The minimum absolute atomic E-state index is 0.00158. The lowest BCUT2D eigenvalue weighted by Gasteiger charge is -2.12. The minimum Gasteiger partial charge on any atom is -0.457 e. The summed E-state index contributed by atoms with van der Waals surface area (Å²) < 4.78 is 5.78. The second-order valence-electron chi connectivity index (χ2n) is 5.39. The molecule has 0 heterocycles. The van der Waals surface area contributed by atoms with E-state index in [0.717, 1.165) is 22.7 Å². The molecule has 0 radical (unpaired) electrons. The summed E-state index contributed by atoms with van der Waals surface area (Å²) in [5.74, 6) is 1.47. The summed E-state index contributed by atoms with van der Waals surface area (Å²) in [7, 11) is 1.83. The van der Waals surface area contributed by atoms with Crippen molar-refractivity contribution in [3.8, 4) is 11.5 Å². The Morgan fingerprint density at radius 1 is 1.14 bits per heavy atom. The number of hydrogen-bond donors (Lipinski definition) is 2. The van der Waals surface area contributed by atoms with Gasteiger partial charge in [-0.2, -0.15) is 0 Å². The van der Waals surface area contributed by atoms with Crippen LogP contribution in [0.25, 0.3) is 0 Å². The summed E-state index contributed by atoms with van der Waals surface area (Å²) in [5, 5.41) is 5.89. The molecule has 2 N–H and O–H groups in total. The van der Waals surface area contributed by atoms with Crippen molar-refractivity contribution in [1.29, 1.82) is 0 Å². The zero-order chi connectivity index (χ0) is 15.9. The van der Waals surface area contributed by atoms with Crippen LogP contribution in [0.15, 0.2) is 48.5 Å². The van der Waals surface area contributed by atoms with Crippen molar-refractivity contribution in [2.24, 2.45) is 5.92 Å². The number of hydrogen-bond acceptors (Lipinski definition) is 3. The van der Waals surface area contributed by atoms with Crippen LogP contribution in [-0.4, -0.2) is 19.5 Å². The monoisotopic (exact) mass is 298 g/mol. The van der Waals surface area contributed by atoms with E-state index in [0.29, 0.717) is 6.54 Å². The first-order valence-electron chi connectivity index (χ1n) is 7.38. The molecule has 0 fully saturated rings. The van der Waals surface area contributed by atoms with E-state index in [1.165, 1.54) is 0 Å². The van der Waals surface area contributed by atoms with E-state index in [-0.39, 0.29) is 11.8 Å². The molecule has 0 bridgehead atoms. The molecule has 4 nitrogen and oxygen atoms in total. The van der Waals surface area contributed by atoms with E-state index < -0.39 is 0 Å². The van der Waals surface area contributed by atoms with Gasteiger partial charge in [-0.25, -0.2) is 0 Å². The van der Waals surface area contributed by atoms with Gasteiger partial charge in [0.15, 0.2) is 0 Å². The van der Waals surface area contributed by atoms with Gasteiger partial charge in [0.1, 0.15) is 11.5 Å². The molecule has 1 unspecified atom stereocenters. The summed E-state index contributed by atoms with van der Waals surface area (Å²) in [6.07, 6.45) is 0. The molecular weight excluding hydrogens is 276 g/mol. The smallest absolute Gasteiger partial charge is 0.228 e. The lowest BCUT2D eigenvalue weighted by molar-refractivity contribution is -0.119. The van der Waals surface area contributed by atoms with Gasteiger partial charge in [0.2, 0.25) is 5.91 Å². The normalized spacial score (nSPS) is 11.8. The van der Waals surface area contributed by atoms with E-state index in [2.05, 4.69) is 10.6 Å². The third-order valence-corrected chi connectivity index (χ3v) is 3.30. The number of amides is 1. The third-order valence-electron chi connectivity index (χ3n) is 3.30. The Labute approximate surface area is 131 Å². The molecule has 1 atom stereocenters. The standard InChI is InChI=1S/C18H22N2O2/c1-13-5-4-6-17(11-13)22-16-9-7-15(8-10-16)20-18(21)14(2)12-19-3/h4-11,14,19H,12H2,1-3H3,(H,20,21). The average molecular weight is 298 g/mol. The Bertz CT molecular complexity index is 623. The summed E-state index contributed by atoms with van der Waals surface area (Å²) in [5.41, 5.74) is 1.92. The van der Waals surface area contributed by atoms with Gasteiger partial charge in [-0.15, -0.1) is 0 Å². The molecule has 0 saturated carbocycles. The third kappa shape index (κ3) is 4.60. The Balaban J connectivity index is 1.97. The fraction of sp³-hybridized carbons (Fsp3) is 0.278. The predicted molar refractivity (Wildman–Crippen MR) is 89.4 cm³/mol. The highest BCUT2D eigenvalue weighted by Gasteiger charge is 2.11. The van der Waals surface area contributed by atoms with Crippen molar-refractivity contribution in [1.82, 2.24) is 5.32 Å². The number of carbonyl (C=O) groups is 1. The molecule has 0 spiro atoms. The lowest BCUT2D eigenvalue weighted by Crippen LogP contribution is -2.28. The van der Waals surface area contributed by atoms with Gasteiger partial charge in [-0.1, -0.05) is 19.1 Å². The first-order valence-corrected chi connectivity index (χ1v) is 7.38. The van der Waals surface area contributed by atoms with E-state index in [1.807, 2.05) is 69.4 Å². The van der Waals surface area contributed by atoms with Crippen molar-refractivity contribution >= 4 is 11.6 Å². The molecule has 4 heteroatoms. The molecule has 0 saturated heterocycles. The number of benzene rings is 2. The first kappa shape index (κ1) is 16.0. The number of ether oxygens (including phenoxy) is 1. The Hall–Kier alpha value is -2.33. The average Bonchev–Trinajstić information content (AvgIpc) is 2.49.